The van der Waals surface area contributed by atoms with Gasteiger partial charge in [0, 0.05) is 39.3 Å². The van der Waals surface area contributed by atoms with E-state index in [1.807, 2.05) is 0 Å². The summed E-state index contributed by atoms with van der Waals surface area (Å²) in [6.45, 7) is 6.03. The maximum absolute atomic E-state index is 12.2. The van der Waals surface area contributed by atoms with Crippen molar-refractivity contribution in [2.45, 2.75) is 13.0 Å². The molecule has 1 atom stereocenters. The number of nitrogens with one attached hydrogen (secondary N) is 2. The monoisotopic (exact) mass is 298 g/mol. The van der Waals surface area contributed by atoms with Crippen molar-refractivity contribution < 1.29 is 19.1 Å². The number of carbonyl (C=O) groups is 3. The van der Waals surface area contributed by atoms with Gasteiger partial charge in [-0.1, -0.05) is 0 Å². The predicted molar refractivity (Wildman–Crippen MR) is 74.5 cm³/mol. The largest absolute Gasteiger partial charge is 0.378 e. The van der Waals surface area contributed by atoms with Crippen LogP contribution in [0.5, 0.6) is 0 Å². The molecule has 0 saturated carbocycles. The van der Waals surface area contributed by atoms with Gasteiger partial charge in [0.25, 0.3) is 0 Å². The summed E-state index contributed by atoms with van der Waals surface area (Å²) >= 11 is 0. The summed E-state index contributed by atoms with van der Waals surface area (Å²) in [5, 5.41) is 5.60. The fraction of sp³-hybridized carbons (Fsp3) is 0.769. The van der Waals surface area contributed by atoms with E-state index in [4.69, 9.17) is 4.74 Å². The summed E-state index contributed by atoms with van der Waals surface area (Å²) in [5.74, 6) is -1.47. The van der Waals surface area contributed by atoms with E-state index < -0.39 is 17.9 Å². The van der Waals surface area contributed by atoms with Crippen LogP contribution in [-0.4, -0.2) is 86.0 Å². The Balaban J connectivity index is 1.82. The molecule has 0 aromatic heterocycles. The molecule has 0 aromatic rings. The summed E-state index contributed by atoms with van der Waals surface area (Å²) in [7, 11) is 0. The third-order valence-corrected chi connectivity index (χ3v) is 3.64. The van der Waals surface area contributed by atoms with Crippen molar-refractivity contribution in [1.82, 2.24) is 20.4 Å². The second-order valence-corrected chi connectivity index (χ2v) is 5.18. The van der Waals surface area contributed by atoms with Crippen LogP contribution in [0.15, 0.2) is 0 Å². The number of nitrogens with zero attached hydrogens (tertiary/aromatic N) is 2. The Hall–Kier alpha value is -1.67. The number of hydrogen-bond donors (Lipinski definition) is 2. The van der Waals surface area contributed by atoms with E-state index in [0.717, 1.165) is 0 Å². The predicted octanol–water partition coefficient (Wildman–Crippen LogP) is -2.22. The maximum Gasteiger partial charge on any atom is 0.311 e. The molecule has 0 aliphatic carbocycles. The molecule has 2 N–H and O–H groups in total. The normalized spacial score (nSPS) is 20.8. The first-order chi connectivity index (χ1) is 10.1. The van der Waals surface area contributed by atoms with Crippen molar-refractivity contribution in [3.8, 4) is 0 Å². The number of amides is 3. The van der Waals surface area contributed by atoms with Crippen LogP contribution in [0, 0.1) is 0 Å². The summed E-state index contributed by atoms with van der Waals surface area (Å²) in [4.78, 5) is 39.2. The molecule has 2 fully saturated rings. The highest BCUT2D eigenvalue weighted by Crippen LogP contribution is 2.01. The van der Waals surface area contributed by atoms with Gasteiger partial charge in [0.15, 0.2) is 0 Å². The lowest BCUT2D eigenvalue weighted by Crippen LogP contribution is -2.55. The van der Waals surface area contributed by atoms with Crippen molar-refractivity contribution in [3.63, 3.8) is 0 Å². The first-order valence-corrected chi connectivity index (χ1v) is 7.26. The van der Waals surface area contributed by atoms with Crippen molar-refractivity contribution in [3.05, 3.63) is 0 Å². The third-order valence-electron chi connectivity index (χ3n) is 3.64. The van der Waals surface area contributed by atoms with E-state index in [2.05, 4.69) is 10.6 Å². The van der Waals surface area contributed by atoms with E-state index in [9.17, 15) is 14.4 Å². The van der Waals surface area contributed by atoms with Crippen LogP contribution in [0.2, 0.25) is 0 Å². The lowest BCUT2D eigenvalue weighted by Gasteiger charge is -2.30. The van der Waals surface area contributed by atoms with Gasteiger partial charge in [0.2, 0.25) is 5.91 Å². The zero-order valence-electron chi connectivity index (χ0n) is 12.3. The molecule has 2 heterocycles. The van der Waals surface area contributed by atoms with Gasteiger partial charge >= 0.3 is 11.8 Å². The van der Waals surface area contributed by atoms with Crippen molar-refractivity contribution in [2.75, 3.05) is 52.5 Å². The average molecular weight is 298 g/mol. The van der Waals surface area contributed by atoms with Gasteiger partial charge in [-0.15, -0.1) is 0 Å². The van der Waals surface area contributed by atoms with Gasteiger partial charge in [-0.3, -0.25) is 14.4 Å². The molecular weight excluding hydrogens is 276 g/mol. The molecule has 2 rings (SSSR count). The standard InChI is InChI=1S/C13H22N4O4/c1-10(12(19)17-6-8-21-9-7-17)15-11(18)13(20)16-4-2-14-3-5-16/h10,14H,2-9H2,1H3,(H,15,18). The number of morpholine rings is 1. The van der Waals surface area contributed by atoms with E-state index in [1.54, 1.807) is 11.8 Å². The van der Waals surface area contributed by atoms with Crippen molar-refractivity contribution in [1.29, 1.82) is 0 Å². The minimum Gasteiger partial charge on any atom is -0.378 e. The quantitative estimate of drug-likeness (QED) is 0.564. The fourth-order valence-electron chi connectivity index (χ4n) is 2.39. The van der Waals surface area contributed by atoms with Crippen LogP contribution < -0.4 is 10.6 Å². The number of rotatable bonds is 2. The molecule has 8 nitrogen and oxygen atoms in total. The van der Waals surface area contributed by atoms with Gasteiger partial charge in [-0.2, -0.15) is 0 Å². The van der Waals surface area contributed by atoms with E-state index >= 15 is 0 Å². The molecule has 0 spiro atoms. The summed E-state index contributed by atoms with van der Waals surface area (Å²) in [6.07, 6.45) is 0. The average Bonchev–Trinajstić information content (AvgIpc) is 2.55. The highest BCUT2D eigenvalue weighted by Gasteiger charge is 2.28. The van der Waals surface area contributed by atoms with Crippen LogP contribution >= 0.6 is 0 Å². The van der Waals surface area contributed by atoms with Crippen LogP contribution in [-0.2, 0) is 19.1 Å². The molecule has 118 valence electrons. The molecular formula is C13H22N4O4. The highest BCUT2D eigenvalue weighted by atomic mass is 16.5. The minimum absolute atomic E-state index is 0.181. The van der Waals surface area contributed by atoms with E-state index in [-0.39, 0.29) is 5.91 Å². The Morgan fingerprint density at radius 1 is 1.05 bits per heavy atom. The lowest BCUT2D eigenvalue weighted by atomic mass is 10.2. The molecule has 0 radical (unpaired) electrons. The zero-order chi connectivity index (χ0) is 15.2. The molecule has 2 aliphatic rings. The summed E-state index contributed by atoms with van der Waals surface area (Å²) in [6, 6.07) is -0.706. The van der Waals surface area contributed by atoms with Gasteiger partial charge in [0.05, 0.1) is 13.2 Å². The Bertz CT molecular complexity index is 403. The lowest BCUT2D eigenvalue weighted by molar-refractivity contribution is -0.148. The zero-order valence-corrected chi connectivity index (χ0v) is 12.3. The molecule has 2 saturated heterocycles. The first-order valence-electron chi connectivity index (χ1n) is 7.26. The maximum atomic E-state index is 12.2. The van der Waals surface area contributed by atoms with Gasteiger partial charge in [0.1, 0.15) is 6.04 Å². The third kappa shape index (κ3) is 4.15. The smallest absolute Gasteiger partial charge is 0.311 e. The second kappa shape index (κ2) is 7.37. The van der Waals surface area contributed by atoms with Crippen molar-refractivity contribution in [2.24, 2.45) is 0 Å². The van der Waals surface area contributed by atoms with Crippen LogP contribution in [0.3, 0.4) is 0 Å². The molecule has 3 amide bonds. The second-order valence-electron chi connectivity index (χ2n) is 5.18. The fourth-order valence-corrected chi connectivity index (χ4v) is 2.39. The summed E-state index contributed by atoms with van der Waals surface area (Å²) in [5.41, 5.74) is 0. The van der Waals surface area contributed by atoms with Crippen molar-refractivity contribution >= 4 is 17.7 Å². The van der Waals surface area contributed by atoms with Crippen LogP contribution in [0.4, 0.5) is 0 Å². The van der Waals surface area contributed by atoms with Gasteiger partial charge in [-0.05, 0) is 6.92 Å². The Kier molecular flexibility index (Phi) is 5.51. The highest BCUT2D eigenvalue weighted by molar-refractivity contribution is 6.35. The summed E-state index contributed by atoms with van der Waals surface area (Å²) < 4.78 is 5.18. The number of hydrogen-bond acceptors (Lipinski definition) is 5. The van der Waals surface area contributed by atoms with Crippen LogP contribution in [0.1, 0.15) is 6.92 Å². The Morgan fingerprint density at radius 2 is 1.67 bits per heavy atom. The first kappa shape index (κ1) is 15.7. The van der Waals surface area contributed by atoms with Crippen LogP contribution in [0.25, 0.3) is 0 Å². The number of ether oxygens (including phenoxy) is 1. The molecule has 0 aromatic carbocycles. The molecule has 2 aliphatic heterocycles. The Labute approximate surface area is 123 Å². The van der Waals surface area contributed by atoms with Gasteiger partial charge < -0.3 is 25.2 Å². The SMILES string of the molecule is CC(NC(=O)C(=O)N1CCNCC1)C(=O)N1CCOCC1. The molecule has 1 unspecified atom stereocenters. The van der Waals surface area contributed by atoms with E-state index in [0.29, 0.717) is 52.5 Å². The molecule has 8 heteroatoms. The minimum atomic E-state index is -0.717. The van der Waals surface area contributed by atoms with Gasteiger partial charge in [-0.25, -0.2) is 0 Å². The number of carbonyl (C=O) groups excluding carboxylic acids is 3. The number of piperazine rings is 1. The Morgan fingerprint density at radius 3 is 2.29 bits per heavy atom. The van der Waals surface area contributed by atoms with E-state index in [1.165, 1.54) is 4.90 Å². The topological polar surface area (TPSA) is 91.0 Å². The molecule has 0 bridgehead atoms. The molecule has 21 heavy (non-hydrogen) atoms.